The van der Waals surface area contributed by atoms with E-state index in [1.807, 2.05) is 0 Å². The molecule has 0 atom stereocenters. The van der Waals surface area contributed by atoms with Crippen LogP contribution in [-0.4, -0.2) is 26.5 Å². The van der Waals surface area contributed by atoms with Gasteiger partial charge in [0.15, 0.2) is 0 Å². The van der Waals surface area contributed by atoms with Crippen molar-refractivity contribution in [3.05, 3.63) is 30.1 Å². The van der Waals surface area contributed by atoms with Crippen LogP contribution in [0.25, 0.3) is 11.0 Å². The van der Waals surface area contributed by atoms with Gasteiger partial charge in [0.1, 0.15) is 5.54 Å². The molecule has 0 aliphatic heterocycles. The van der Waals surface area contributed by atoms with Gasteiger partial charge in [0.2, 0.25) is 5.91 Å². The molecule has 6 nitrogen and oxygen atoms in total. The Hall–Kier alpha value is -2.37. The minimum atomic E-state index is -1.01. The number of nitrogens with two attached hydrogens (primary N) is 1. The first-order valence-corrected chi connectivity index (χ1v) is 5.35. The van der Waals surface area contributed by atoms with Crippen molar-refractivity contribution in [2.24, 2.45) is 5.73 Å². The first-order valence-electron chi connectivity index (χ1n) is 5.35. The van der Waals surface area contributed by atoms with Crippen LogP contribution in [0.15, 0.2) is 24.5 Å². The third-order valence-corrected chi connectivity index (χ3v) is 3.00. The SMILES string of the molecule is CC(C)(C(N)=O)n1cnc2cc(C(=O)O)ccc21. The molecular formula is C12H13N3O3. The highest BCUT2D eigenvalue weighted by molar-refractivity contribution is 5.93. The first kappa shape index (κ1) is 12.1. The van der Waals surface area contributed by atoms with Crippen LogP contribution >= 0.6 is 0 Å². The number of aromatic carboxylic acids is 1. The van der Waals surface area contributed by atoms with Gasteiger partial charge in [-0.25, -0.2) is 9.78 Å². The van der Waals surface area contributed by atoms with Crippen molar-refractivity contribution in [1.82, 2.24) is 9.55 Å². The molecule has 1 amide bonds. The molecule has 3 N–H and O–H groups in total. The fraction of sp³-hybridized carbons (Fsp3) is 0.250. The number of carboxylic acids is 1. The lowest BCUT2D eigenvalue weighted by molar-refractivity contribution is -0.124. The lowest BCUT2D eigenvalue weighted by Gasteiger charge is -2.23. The number of nitrogens with zero attached hydrogens (tertiary/aromatic N) is 2. The van der Waals surface area contributed by atoms with E-state index in [1.165, 1.54) is 18.5 Å². The van der Waals surface area contributed by atoms with Crippen molar-refractivity contribution >= 4 is 22.9 Å². The third-order valence-electron chi connectivity index (χ3n) is 3.00. The van der Waals surface area contributed by atoms with Crippen LogP contribution in [0.1, 0.15) is 24.2 Å². The Morgan fingerprint density at radius 2 is 2.06 bits per heavy atom. The van der Waals surface area contributed by atoms with Crippen LogP contribution in [-0.2, 0) is 10.3 Å². The van der Waals surface area contributed by atoms with E-state index in [1.54, 1.807) is 24.5 Å². The number of hydrogen-bond acceptors (Lipinski definition) is 3. The zero-order chi connectivity index (χ0) is 13.5. The normalized spacial score (nSPS) is 11.7. The molecule has 0 radical (unpaired) electrons. The Morgan fingerprint density at radius 3 is 2.61 bits per heavy atom. The zero-order valence-electron chi connectivity index (χ0n) is 10.0. The summed E-state index contributed by atoms with van der Waals surface area (Å²) in [5.74, 6) is -1.50. The Morgan fingerprint density at radius 1 is 1.39 bits per heavy atom. The summed E-state index contributed by atoms with van der Waals surface area (Å²) in [5.41, 5.74) is 5.78. The third kappa shape index (κ3) is 1.71. The highest BCUT2D eigenvalue weighted by Gasteiger charge is 2.28. The van der Waals surface area contributed by atoms with E-state index in [-0.39, 0.29) is 5.56 Å². The number of fused-ring (bicyclic) bond motifs is 1. The van der Waals surface area contributed by atoms with Gasteiger partial charge >= 0.3 is 5.97 Å². The smallest absolute Gasteiger partial charge is 0.335 e. The van der Waals surface area contributed by atoms with Gasteiger partial charge in [0.05, 0.1) is 22.9 Å². The van der Waals surface area contributed by atoms with Crippen molar-refractivity contribution in [3.63, 3.8) is 0 Å². The molecule has 0 aliphatic rings. The Labute approximate surface area is 103 Å². The summed E-state index contributed by atoms with van der Waals surface area (Å²) in [6, 6.07) is 4.56. The van der Waals surface area contributed by atoms with Gasteiger partial charge in [0.25, 0.3) is 0 Å². The molecule has 2 aromatic rings. The minimum absolute atomic E-state index is 0.157. The van der Waals surface area contributed by atoms with Gasteiger partial charge in [-0.1, -0.05) is 0 Å². The average Bonchev–Trinajstić information content (AvgIpc) is 2.71. The minimum Gasteiger partial charge on any atom is -0.478 e. The molecule has 0 unspecified atom stereocenters. The number of carbonyl (C=O) groups is 2. The molecule has 2 rings (SSSR count). The average molecular weight is 247 g/mol. The Balaban J connectivity index is 2.63. The van der Waals surface area contributed by atoms with Crippen molar-refractivity contribution in [1.29, 1.82) is 0 Å². The highest BCUT2D eigenvalue weighted by Crippen LogP contribution is 2.23. The number of primary amides is 1. The van der Waals surface area contributed by atoms with Crippen LogP contribution in [0.5, 0.6) is 0 Å². The standard InChI is InChI=1S/C12H13N3O3/c1-12(2,11(13)18)15-6-14-8-5-7(10(16)17)3-4-9(8)15/h3-6H,1-2H3,(H2,13,18)(H,16,17). The number of amides is 1. The Bertz CT molecular complexity index is 643. The van der Waals surface area contributed by atoms with Gasteiger partial charge < -0.3 is 15.4 Å². The van der Waals surface area contributed by atoms with E-state index in [0.29, 0.717) is 11.0 Å². The summed E-state index contributed by atoms with van der Waals surface area (Å²) in [5, 5.41) is 8.89. The molecular weight excluding hydrogens is 234 g/mol. The van der Waals surface area contributed by atoms with E-state index >= 15 is 0 Å². The summed E-state index contributed by atoms with van der Waals surface area (Å²) in [6.07, 6.45) is 1.49. The summed E-state index contributed by atoms with van der Waals surface area (Å²) < 4.78 is 1.64. The molecule has 0 saturated carbocycles. The molecule has 0 aliphatic carbocycles. The number of carboxylic acid groups (broad SMARTS) is 1. The van der Waals surface area contributed by atoms with Gasteiger partial charge in [-0.15, -0.1) is 0 Å². The monoisotopic (exact) mass is 247 g/mol. The number of benzene rings is 1. The van der Waals surface area contributed by atoms with E-state index in [2.05, 4.69) is 4.98 Å². The molecule has 1 heterocycles. The topological polar surface area (TPSA) is 98.2 Å². The van der Waals surface area contributed by atoms with Gasteiger partial charge in [0, 0.05) is 0 Å². The summed E-state index contributed by atoms with van der Waals surface area (Å²) in [4.78, 5) is 26.4. The molecule has 0 saturated heterocycles. The van der Waals surface area contributed by atoms with E-state index in [0.717, 1.165) is 0 Å². The Kier molecular flexibility index (Phi) is 2.58. The zero-order valence-corrected chi connectivity index (χ0v) is 10.0. The molecule has 0 spiro atoms. The van der Waals surface area contributed by atoms with E-state index in [4.69, 9.17) is 10.8 Å². The van der Waals surface area contributed by atoms with Gasteiger partial charge in [-0.3, -0.25) is 4.79 Å². The van der Waals surface area contributed by atoms with Crippen molar-refractivity contribution < 1.29 is 14.7 Å². The maximum atomic E-state index is 11.4. The van der Waals surface area contributed by atoms with Crippen LogP contribution in [0.4, 0.5) is 0 Å². The number of aromatic nitrogens is 2. The highest BCUT2D eigenvalue weighted by atomic mass is 16.4. The van der Waals surface area contributed by atoms with E-state index < -0.39 is 17.4 Å². The fourth-order valence-electron chi connectivity index (χ4n) is 1.71. The fourth-order valence-corrected chi connectivity index (χ4v) is 1.71. The predicted octanol–water partition coefficient (Wildman–Crippen LogP) is 0.955. The van der Waals surface area contributed by atoms with Crippen LogP contribution < -0.4 is 5.73 Å². The number of imidazole rings is 1. The molecule has 0 bridgehead atoms. The number of rotatable bonds is 3. The molecule has 6 heteroatoms. The van der Waals surface area contributed by atoms with Crippen LogP contribution in [0, 0.1) is 0 Å². The van der Waals surface area contributed by atoms with Crippen LogP contribution in [0.3, 0.4) is 0 Å². The van der Waals surface area contributed by atoms with Gasteiger partial charge in [-0.2, -0.15) is 0 Å². The number of carbonyl (C=O) groups excluding carboxylic acids is 1. The molecule has 0 fully saturated rings. The summed E-state index contributed by atoms with van der Waals surface area (Å²) >= 11 is 0. The first-order chi connectivity index (χ1) is 8.34. The largest absolute Gasteiger partial charge is 0.478 e. The van der Waals surface area contributed by atoms with Crippen molar-refractivity contribution in [2.75, 3.05) is 0 Å². The molecule has 18 heavy (non-hydrogen) atoms. The summed E-state index contributed by atoms with van der Waals surface area (Å²) in [6.45, 7) is 3.36. The second-order valence-corrected chi connectivity index (χ2v) is 4.55. The molecule has 1 aromatic carbocycles. The molecule has 1 aromatic heterocycles. The lowest BCUT2D eigenvalue weighted by atomic mass is 10.0. The van der Waals surface area contributed by atoms with Gasteiger partial charge in [-0.05, 0) is 32.0 Å². The summed E-state index contributed by atoms with van der Waals surface area (Å²) in [7, 11) is 0. The van der Waals surface area contributed by atoms with Crippen molar-refractivity contribution in [2.45, 2.75) is 19.4 Å². The maximum Gasteiger partial charge on any atom is 0.335 e. The quantitative estimate of drug-likeness (QED) is 0.843. The van der Waals surface area contributed by atoms with Crippen molar-refractivity contribution in [3.8, 4) is 0 Å². The van der Waals surface area contributed by atoms with E-state index in [9.17, 15) is 9.59 Å². The second-order valence-electron chi connectivity index (χ2n) is 4.55. The number of hydrogen-bond donors (Lipinski definition) is 2. The second kappa shape index (κ2) is 3.83. The lowest BCUT2D eigenvalue weighted by Crippen LogP contribution is -2.40. The predicted molar refractivity (Wildman–Crippen MR) is 65.2 cm³/mol. The van der Waals surface area contributed by atoms with Crippen LogP contribution in [0.2, 0.25) is 0 Å². The molecule has 94 valence electrons. The maximum absolute atomic E-state index is 11.4.